The maximum atomic E-state index is 13.5. The molecule has 3 nitrogen and oxygen atoms in total. The van der Waals surface area contributed by atoms with Gasteiger partial charge in [-0.05, 0) is 24.3 Å². The number of halogens is 3. The highest BCUT2D eigenvalue weighted by Gasteiger charge is 2.12. The molecule has 0 fully saturated rings. The van der Waals surface area contributed by atoms with Crippen LogP contribution in [-0.2, 0) is 0 Å². The number of aromatic nitrogens is 1. The summed E-state index contributed by atoms with van der Waals surface area (Å²) in [5, 5.41) is 2.70. The van der Waals surface area contributed by atoms with Gasteiger partial charge in [0.25, 0.3) is 5.91 Å². The number of hydrogen-bond acceptors (Lipinski definition) is 2. The van der Waals surface area contributed by atoms with E-state index in [0.717, 1.165) is 0 Å². The SMILES string of the molecule is O=C(Nc1cc(Br)ccc1F)c1cnccc1Cl. The first-order chi connectivity index (χ1) is 8.58. The summed E-state index contributed by atoms with van der Waals surface area (Å²) in [6.45, 7) is 0. The van der Waals surface area contributed by atoms with Crippen LogP contribution in [0.25, 0.3) is 0 Å². The molecule has 1 heterocycles. The van der Waals surface area contributed by atoms with Crippen molar-refractivity contribution < 1.29 is 9.18 Å². The minimum Gasteiger partial charge on any atom is -0.319 e. The fourth-order valence-electron chi connectivity index (χ4n) is 1.33. The van der Waals surface area contributed by atoms with Crippen molar-refractivity contribution in [3.63, 3.8) is 0 Å². The Balaban J connectivity index is 2.27. The molecule has 0 atom stereocenters. The molecule has 1 aromatic carbocycles. The number of rotatable bonds is 2. The first-order valence-electron chi connectivity index (χ1n) is 4.94. The molecule has 0 radical (unpaired) electrons. The number of benzene rings is 1. The third-order valence-corrected chi connectivity index (χ3v) is 3.01. The Morgan fingerprint density at radius 2 is 2.17 bits per heavy atom. The molecule has 1 N–H and O–H groups in total. The van der Waals surface area contributed by atoms with Crippen molar-refractivity contribution in [3.05, 3.63) is 57.5 Å². The maximum Gasteiger partial charge on any atom is 0.258 e. The van der Waals surface area contributed by atoms with Crippen molar-refractivity contribution in [1.82, 2.24) is 4.98 Å². The lowest BCUT2D eigenvalue weighted by Crippen LogP contribution is -2.13. The van der Waals surface area contributed by atoms with Crippen LogP contribution in [-0.4, -0.2) is 10.9 Å². The summed E-state index contributed by atoms with van der Waals surface area (Å²) >= 11 is 9.05. The van der Waals surface area contributed by atoms with Gasteiger partial charge in [0.15, 0.2) is 0 Å². The second-order valence-corrected chi connectivity index (χ2v) is 4.76. The molecule has 0 aliphatic rings. The van der Waals surface area contributed by atoms with Gasteiger partial charge in [-0.15, -0.1) is 0 Å². The number of nitrogens with zero attached hydrogens (tertiary/aromatic N) is 1. The quantitative estimate of drug-likeness (QED) is 0.908. The van der Waals surface area contributed by atoms with Gasteiger partial charge < -0.3 is 5.32 Å². The molecule has 0 saturated carbocycles. The van der Waals surface area contributed by atoms with Gasteiger partial charge in [-0.2, -0.15) is 0 Å². The number of hydrogen-bond donors (Lipinski definition) is 1. The third kappa shape index (κ3) is 2.86. The van der Waals surface area contributed by atoms with E-state index in [1.807, 2.05) is 0 Å². The van der Waals surface area contributed by atoms with Gasteiger partial charge in [-0.25, -0.2) is 4.39 Å². The zero-order valence-corrected chi connectivity index (χ0v) is 11.3. The Labute approximate surface area is 116 Å². The average molecular weight is 330 g/mol. The van der Waals surface area contributed by atoms with Crippen LogP contribution in [0.4, 0.5) is 10.1 Å². The smallest absolute Gasteiger partial charge is 0.258 e. The Morgan fingerprint density at radius 1 is 1.39 bits per heavy atom. The first kappa shape index (κ1) is 13.0. The molecule has 0 aliphatic heterocycles. The molecule has 1 amide bonds. The fourth-order valence-corrected chi connectivity index (χ4v) is 1.88. The van der Waals surface area contributed by atoms with Crippen LogP contribution < -0.4 is 5.32 Å². The van der Waals surface area contributed by atoms with E-state index in [-0.39, 0.29) is 16.3 Å². The van der Waals surface area contributed by atoms with Crippen molar-refractivity contribution in [2.45, 2.75) is 0 Å². The molecule has 92 valence electrons. The monoisotopic (exact) mass is 328 g/mol. The summed E-state index contributed by atoms with van der Waals surface area (Å²) in [5.41, 5.74) is 0.271. The molecule has 0 bridgehead atoms. The summed E-state index contributed by atoms with van der Waals surface area (Å²) in [4.78, 5) is 15.7. The summed E-state index contributed by atoms with van der Waals surface area (Å²) < 4.78 is 14.1. The lowest BCUT2D eigenvalue weighted by atomic mass is 10.2. The van der Waals surface area contributed by atoms with Gasteiger partial charge in [0, 0.05) is 16.9 Å². The van der Waals surface area contributed by atoms with Crippen LogP contribution in [0.5, 0.6) is 0 Å². The third-order valence-electron chi connectivity index (χ3n) is 2.19. The number of carbonyl (C=O) groups excluding carboxylic acids is 1. The molecular formula is C12H7BrClFN2O. The van der Waals surface area contributed by atoms with Crippen LogP contribution in [0.15, 0.2) is 41.1 Å². The summed E-state index contributed by atoms with van der Waals surface area (Å²) in [7, 11) is 0. The molecule has 0 saturated heterocycles. The highest BCUT2D eigenvalue weighted by atomic mass is 79.9. The second kappa shape index (κ2) is 5.46. The number of anilines is 1. The van der Waals surface area contributed by atoms with Gasteiger partial charge >= 0.3 is 0 Å². The summed E-state index contributed by atoms with van der Waals surface area (Å²) in [6.07, 6.45) is 2.80. The first-order valence-corrected chi connectivity index (χ1v) is 6.11. The molecule has 1 aromatic heterocycles. The van der Waals surface area contributed by atoms with Crippen molar-refractivity contribution in [3.8, 4) is 0 Å². The van der Waals surface area contributed by atoms with E-state index in [1.54, 1.807) is 6.07 Å². The standard InChI is InChI=1S/C12H7BrClFN2O/c13-7-1-2-10(15)11(5-7)17-12(18)8-6-16-4-3-9(8)14/h1-6H,(H,17,18). The molecule has 0 spiro atoms. The van der Waals surface area contributed by atoms with Crippen molar-refractivity contribution in [2.75, 3.05) is 5.32 Å². The minimum atomic E-state index is -0.522. The Kier molecular flexibility index (Phi) is 3.93. The van der Waals surface area contributed by atoms with E-state index in [4.69, 9.17) is 11.6 Å². The van der Waals surface area contributed by atoms with Crippen molar-refractivity contribution in [2.24, 2.45) is 0 Å². The average Bonchev–Trinajstić information content (AvgIpc) is 2.34. The Morgan fingerprint density at radius 3 is 2.89 bits per heavy atom. The number of carbonyl (C=O) groups is 1. The van der Waals surface area contributed by atoms with E-state index in [1.165, 1.54) is 30.6 Å². The highest BCUT2D eigenvalue weighted by Crippen LogP contribution is 2.22. The summed E-state index contributed by atoms with van der Waals surface area (Å²) in [5.74, 6) is -1.03. The van der Waals surface area contributed by atoms with Crippen molar-refractivity contribution >= 4 is 39.1 Å². The van der Waals surface area contributed by atoms with Gasteiger partial charge in [0.1, 0.15) is 5.82 Å². The van der Waals surface area contributed by atoms with E-state index < -0.39 is 11.7 Å². The number of amides is 1. The van der Waals surface area contributed by atoms with Gasteiger partial charge in [0.05, 0.1) is 16.3 Å². The maximum absolute atomic E-state index is 13.5. The molecule has 0 unspecified atom stereocenters. The molecule has 2 aromatic rings. The van der Waals surface area contributed by atoms with E-state index in [9.17, 15) is 9.18 Å². The van der Waals surface area contributed by atoms with Gasteiger partial charge in [-0.1, -0.05) is 27.5 Å². The Hall–Kier alpha value is -1.46. The molecule has 2 rings (SSSR count). The second-order valence-electron chi connectivity index (χ2n) is 3.43. The lowest BCUT2D eigenvalue weighted by molar-refractivity contribution is 0.102. The Bertz CT molecular complexity index is 606. The minimum absolute atomic E-state index is 0.0781. The van der Waals surface area contributed by atoms with Crippen LogP contribution in [0.3, 0.4) is 0 Å². The zero-order valence-electron chi connectivity index (χ0n) is 8.95. The predicted molar refractivity (Wildman–Crippen MR) is 71.3 cm³/mol. The summed E-state index contributed by atoms with van der Waals surface area (Å²) in [6, 6.07) is 5.76. The van der Waals surface area contributed by atoms with Gasteiger partial charge in [-0.3, -0.25) is 9.78 Å². The lowest BCUT2D eigenvalue weighted by Gasteiger charge is -2.07. The van der Waals surface area contributed by atoms with Crippen LogP contribution in [0, 0.1) is 5.82 Å². The van der Waals surface area contributed by atoms with E-state index in [0.29, 0.717) is 4.47 Å². The topological polar surface area (TPSA) is 42.0 Å². The van der Waals surface area contributed by atoms with Crippen LogP contribution >= 0.6 is 27.5 Å². The molecular weight excluding hydrogens is 322 g/mol. The van der Waals surface area contributed by atoms with Crippen molar-refractivity contribution in [1.29, 1.82) is 0 Å². The molecule has 18 heavy (non-hydrogen) atoms. The predicted octanol–water partition coefficient (Wildman–Crippen LogP) is 3.89. The number of pyridine rings is 1. The fraction of sp³-hybridized carbons (Fsp3) is 0. The largest absolute Gasteiger partial charge is 0.319 e. The normalized spacial score (nSPS) is 10.2. The zero-order chi connectivity index (χ0) is 13.1. The molecule has 0 aliphatic carbocycles. The number of nitrogens with one attached hydrogen (secondary N) is 1. The molecule has 6 heteroatoms. The van der Waals surface area contributed by atoms with E-state index in [2.05, 4.69) is 26.2 Å². The van der Waals surface area contributed by atoms with E-state index >= 15 is 0 Å². The van der Waals surface area contributed by atoms with Gasteiger partial charge in [0.2, 0.25) is 0 Å². The van der Waals surface area contributed by atoms with Crippen LogP contribution in [0.2, 0.25) is 5.02 Å². The highest BCUT2D eigenvalue weighted by molar-refractivity contribution is 9.10. The van der Waals surface area contributed by atoms with Crippen LogP contribution in [0.1, 0.15) is 10.4 Å².